The second-order valence-electron chi connectivity index (χ2n) is 10.5. The lowest BCUT2D eigenvalue weighted by molar-refractivity contribution is -0.139. The summed E-state index contributed by atoms with van der Waals surface area (Å²) in [4.78, 5) is 15.7. The molecular formula is C29H24F3NO3. The lowest BCUT2D eigenvalue weighted by Crippen LogP contribution is -2.11. The number of fused-ring (bicyclic) bond motifs is 4. The third-order valence-electron chi connectivity index (χ3n) is 7.75. The van der Waals surface area contributed by atoms with Crippen LogP contribution >= 0.6 is 0 Å². The maximum absolute atomic E-state index is 13.8. The van der Waals surface area contributed by atoms with Crippen LogP contribution in [-0.2, 0) is 29.4 Å². The van der Waals surface area contributed by atoms with Gasteiger partial charge in [0, 0.05) is 23.6 Å². The van der Waals surface area contributed by atoms with Crippen molar-refractivity contribution < 1.29 is 27.8 Å². The first-order chi connectivity index (χ1) is 17.0. The van der Waals surface area contributed by atoms with Gasteiger partial charge in [-0.05, 0) is 63.4 Å². The van der Waals surface area contributed by atoms with Crippen molar-refractivity contribution in [3.8, 4) is 5.88 Å². The molecule has 4 nitrogen and oxygen atoms in total. The number of carboxylic acid groups (broad SMARTS) is 1. The number of allylic oxidation sites excluding steroid dienone is 1. The monoisotopic (exact) mass is 491 g/mol. The zero-order valence-electron chi connectivity index (χ0n) is 19.8. The third-order valence-corrected chi connectivity index (χ3v) is 7.75. The lowest BCUT2D eigenvalue weighted by Gasteiger charge is -2.18. The zero-order valence-corrected chi connectivity index (χ0v) is 19.8. The summed E-state index contributed by atoms with van der Waals surface area (Å²) in [5.74, 6) is -0.377. The fourth-order valence-electron chi connectivity index (χ4n) is 6.01. The summed E-state index contributed by atoms with van der Waals surface area (Å²) in [5.41, 5.74) is 4.36. The molecule has 1 saturated carbocycles. The van der Waals surface area contributed by atoms with Crippen LogP contribution in [-0.4, -0.2) is 16.1 Å². The van der Waals surface area contributed by atoms with E-state index in [1.54, 1.807) is 12.3 Å². The van der Waals surface area contributed by atoms with Crippen LogP contribution in [0.5, 0.6) is 5.88 Å². The predicted octanol–water partition coefficient (Wildman–Crippen LogP) is 6.37. The molecule has 6 rings (SSSR count). The molecule has 2 aromatic carbocycles. The summed E-state index contributed by atoms with van der Waals surface area (Å²) < 4.78 is 47.2. The van der Waals surface area contributed by atoms with E-state index in [1.807, 2.05) is 44.2 Å². The number of aromatic nitrogens is 1. The number of carbonyl (C=O) groups is 1. The predicted molar refractivity (Wildman–Crippen MR) is 128 cm³/mol. The maximum atomic E-state index is 13.8. The van der Waals surface area contributed by atoms with Gasteiger partial charge in [0.15, 0.2) is 0 Å². The van der Waals surface area contributed by atoms with Crippen molar-refractivity contribution in [2.24, 2.45) is 11.8 Å². The highest BCUT2D eigenvalue weighted by molar-refractivity contribution is 5.88. The standard InChI is InChI=1S/C29H24F3NO3/c1-28(2)12-20(17-5-3-4-6-23(17)29(30,31)32)18-9-15(7-8-22(18)28)14-36-24-11-16-10-19-25(21(16)13-33-24)26(19)27(34)35/h3-9,11-13,19,25-26H,10,14H2,1-2H3,(H,34,35)/t19-,25-,26+/m1/s1. The molecule has 1 fully saturated rings. The molecule has 1 heterocycles. The topological polar surface area (TPSA) is 59.4 Å². The van der Waals surface area contributed by atoms with E-state index >= 15 is 0 Å². The number of nitrogens with zero attached hydrogens (tertiary/aromatic N) is 1. The number of pyridine rings is 1. The van der Waals surface area contributed by atoms with Crippen molar-refractivity contribution in [2.75, 3.05) is 0 Å². The fraction of sp³-hybridized carbons (Fsp3) is 0.310. The van der Waals surface area contributed by atoms with Gasteiger partial charge in [-0.25, -0.2) is 4.98 Å². The summed E-state index contributed by atoms with van der Waals surface area (Å²) in [6, 6.07) is 13.4. The van der Waals surface area contributed by atoms with Crippen LogP contribution in [0.3, 0.4) is 0 Å². The maximum Gasteiger partial charge on any atom is 0.417 e. The molecule has 1 aromatic heterocycles. The molecule has 7 heteroatoms. The molecule has 0 spiro atoms. The lowest BCUT2D eigenvalue weighted by atomic mass is 9.86. The number of halogens is 3. The Morgan fingerprint density at radius 3 is 2.67 bits per heavy atom. The first-order valence-corrected chi connectivity index (χ1v) is 11.9. The summed E-state index contributed by atoms with van der Waals surface area (Å²) in [7, 11) is 0. The molecule has 3 atom stereocenters. The van der Waals surface area contributed by atoms with E-state index in [1.165, 1.54) is 12.1 Å². The van der Waals surface area contributed by atoms with Gasteiger partial charge in [-0.3, -0.25) is 4.79 Å². The summed E-state index contributed by atoms with van der Waals surface area (Å²) in [5, 5.41) is 9.29. The Hall–Kier alpha value is -3.61. The van der Waals surface area contributed by atoms with Gasteiger partial charge in [0.25, 0.3) is 0 Å². The highest BCUT2D eigenvalue weighted by Crippen LogP contribution is 2.61. The largest absolute Gasteiger partial charge is 0.481 e. The molecule has 0 aliphatic heterocycles. The number of hydrogen-bond acceptors (Lipinski definition) is 3. The fourth-order valence-corrected chi connectivity index (χ4v) is 6.01. The van der Waals surface area contributed by atoms with E-state index in [0.29, 0.717) is 11.5 Å². The van der Waals surface area contributed by atoms with Crippen LogP contribution in [0, 0.1) is 11.8 Å². The number of benzene rings is 2. The summed E-state index contributed by atoms with van der Waals surface area (Å²) in [6.45, 7) is 4.22. The first kappa shape index (κ1) is 22.8. The van der Waals surface area contributed by atoms with Gasteiger partial charge in [-0.15, -0.1) is 0 Å². The Balaban J connectivity index is 1.26. The highest BCUT2D eigenvalue weighted by atomic mass is 19.4. The van der Waals surface area contributed by atoms with Crippen molar-refractivity contribution in [3.63, 3.8) is 0 Å². The average molecular weight is 492 g/mol. The average Bonchev–Trinajstić information content (AvgIpc) is 3.32. The second-order valence-corrected chi connectivity index (χ2v) is 10.5. The highest BCUT2D eigenvalue weighted by Gasteiger charge is 2.60. The van der Waals surface area contributed by atoms with Crippen molar-refractivity contribution in [2.45, 2.75) is 44.4 Å². The molecule has 0 radical (unpaired) electrons. The van der Waals surface area contributed by atoms with E-state index in [0.717, 1.165) is 40.3 Å². The number of carboxylic acids is 1. The summed E-state index contributed by atoms with van der Waals surface area (Å²) >= 11 is 0. The molecule has 0 unspecified atom stereocenters. The molecule has 0 bridgehead atoms. The Bertz CT molecular complexity index is 1440. The third kappa shape index (κ3) is 3.60. The van der Waals surface area contributed by atoms with E-state index in [2.05, 4.69) is 4.98 Å². The first-order valence-electron chi connectivity index (χ1n) is 11.9. The van der Waals surface area contributed by atoms with Gasteiger partial charge in [0.2, 0.25) is 5.88 Å². The molecule has 3 aromatic rings. The minimum absolute atomic E-state index is 0.0592. The molecule has 3 aliphatic rings. The number of hydrogen-bond donors (Lipinski definition) is 1. The SMILES string of the molecule is CC1(C)C=C(c2ccccc2C(F)(F)F)c2cc(COc3cc4c(cn3)[C@H]3[C@@H](C4)[C@@H]3C(=O)O)ccc21. The Morgan fingerprint density at radius 2 is 1.92 bits per heavy atom. The Morgan fingerprint density at radius 1 is 1.14 bits per heavy atom. The van der Waals surface area contributed by atoms with Gasteiger partial charge in [0.05, 0.1) is 11.5 Å². The van der Waals surface area contributed by atoms with Crippen molar-refractivity contribution >= 4 is 11.5 Å². The van der Waals surface area contributed by atoms with Crippen LogP contribution in [0.4, 0.5) is 13.2 Å². The van der Waals surface area contributed by atoms with Gasteiger partial charge in [-0.1, -0.05) is 50.3 Å². The van der Waals surface area contributed by atoms with Crippen molar-refractivity contribution in [3.05, 3.63) is 99.7 Å². The molecular weight excluding hydrogens is 467 g/mol. The molecule has 3 aliphatic carbocycles. The van der Waals surface area contributed by atoms with Crippen molar-refractivity contribution in [1.29, 1.82) is 0 Å². The normalized spacial score (nSPS) is 22.9. The van der Waals surface area contributed by atoms with Crippen LogP contribution in [0.1, 0.15) is 58.7 Å². The smallest absolute Gasteiger partial charge is 0.417 e. The zero-order chi connectivity index (χ0) is 25.4. The van der Waals surface area contributed by atoms with E-state index in [-0.39, 0.29) is 29.9 Å². The van der Waals surface area contributed by atoms with Crippen LogP contribution in [0.2, 0.25) is 0 Å². The number of aliphatic carboxylic acids is 1. The van der Waals surface area contributed by atoms with Gasteiger partial charge in [-0.2, -0.15) is 13.2 Å². The molecule has 1 N–H and O–H groups in total. The Labute approximate surface area is 206 Å². The van der Waals surface area contributed by atoms with E-state index in [4.69, 9.17) is 4.74 Å². The number of alkyl halides is 3. The van der Waals surface area contributed by atoms with Crippen LogP contribution in [0.15, 0.2) is 60.8 Å². The second kappa shape index (κ2) is 7.69. The number of rotatable bonds is 5. The number of ether oxygens (including phenoxy) is 1. The Kier molecular flexibility index (Phi) is 4.88. The van der Waals surface area contributed by atoms with E-state index in [9.17, 15) is 23.1 Å². The van der Waals surface area contributed by atoms with Gasteiger partial charge >= 0.3 is 12.1 Å². The van der Waals surface area contributed by atoms with Gasteiger partial charge in [0.1, 0.15) is 6.61 Å². The van der Waals surface area contributed by atoms with Crippen molar-refractivity contribution in [1.82, 2.24) is 4.98 Å². The molecule has 0 saturated heterocycles. The minimum Gasteiger partial charge on any atom is -0.481 e. The van der Waals surface area contributed by atoms with Crippen LogP contribution < -0.4 is 4.74 Å². The minimum atomic E-state index is -4.45. The van der Waals surface area contributed by atoms with Crippen LogP contribution in [0.25, 0.3) is 5.57 Å². The molecule has 36 heavy (non-hydrogen) atoms. The quantitative estimate of drug-likeness (QED) is 0.450. The molecule has 0 amide bonds. The molecule has 184 valence electrons. The van der Waals surface area contributed by atoms with E-state index < -0.39 is 23.1 Å². The summed E-state index contributed by atoms with van der Waals surface area (Å²) in [6.07, 6.45) is -0.102. The van der Waals surface area contributed by atoms with Gasteiger partial charge < -0.3 is 9.84 Å².